The number of allylic oxidation sites excluding steroid dienone is 1. The van der Waals surface area contributed by atoms with Crippen molar-refractivity contribution >= 4 is 5.78 Å². The number of hydrogen-bond acceptors (Lipinski definition) is 4. The van der Waals surface area contributed by atoms with E-state index in [1.165, 1.54) is 0 Å². The summed E-state index contributed by atoms with van der Waals surface area (Å²) in [5, 5.41) is 9.18. The van der Waals surface area contributed by atoms with Crippen LogP contribution < -0.4 is 0 Å². The molecular weight excluding hydrogens is 240 g/mol. The van der Waals surface area contributed by atoms with Gasteiger partial charge in [0.1, 0.15) is 11.7 Å². The molecule has 4 heteroatoms. The molecule has 0 fully saturated rings. The van der Waals surface area contributed by atoms with Crippen LogP contribution >= 0.6 is 0 Å². The van der Waals surface area contributed by atoms with Gasteiger partial charge in [0.15, 0.2) is 5.78 Å². The smallest absolute Gasteiger partial charge is 0.178 e. The molecule has 1 unspecified atom stereocenters. The number of nitrogens with zero attached hydrogens (tertiary/aromatic N) is 2. The number of pyridine rings is 1. The van der Waals surface area contributed by atoms with Gasteiger partial charge in [0.2, 0.25) is 0 Å². The lowest BCUT2D eigenvalue weighted by atomic mass is 9.68. The van der Waals surface area contributed by atoms with Crippen molar-refractivity contribution in [2.75, 3.05) is 0 Å². The van der Waals surface area contributed by atoms with Crippen LogP contribution in [0.15, 0.2) is 30.1 Å². The van der Waals surface area contributed by atoms with Crippen LogP contribution in [0.1, 0.15) is 31.4 Å². The molecule has 0 saturated carbocycles. The van der Waals surface area contributed by atoms with Crippen molar-refractivity contribution in [1.29, 1.82) is 5.26 Å². The fourth-order valence-corrected chi connectivity index (χ4v) is 3.01. The zero-order chi connectivity index (χ0) is 13.7. The van der Waals surface area contributed by atoms with Crippen LogP contribution in [0.25, 0.3) is 0 Å². The number of carbonyl (C=O) groups is 1. The minimum Gasteiger partial charge on any atom is -0.361 e. The molecule has 0 bridgehead atoms. The molecule has 1 aromatic heterocycles. The van der Waals surface area contributed by atoms with E-state index in [1.54, 1.807) is 18.5 Å². The Morgan fingerprint density at radius 2 is 2.26 bits per heavy atom. The van der Waals surface area contributed by atoms with E-state index in [1.807, 2.05) is 26.0 Å². The summed E-state index contributed by atoms with van der Waals surface area (Å²) < 4.78 is 5.95. The van der Waals surface area contributed by atoms with E-state index in [0.29, 0.717) is 13.0 Å². The Kier molecular flexibility index (Phi) is 2.38. The van der Waals surface area contributed by atoms with Crippen LogP contribution in [0.3, 0.4) is 0 Å². The van der Waals surface area contributed by atoms with Crippen molar-refractivity contribution in [2.45, 2.75) is 32.5 Å². The molecule has 1 aromatic rings. The zero-order valence-corrected chi connectivity index (χ0v) is 10.9. The molecule has 2 aliphatic rings. The van der Waals surface area contributed by atoms with Crippen molar-refractivity contribution < 1.29 is 9.53 Å². The molecule has 1 spiro atoms. The Hall–Kier alpha value is -1.99. The van der Waals surface area contributed by atoms with Gasteiger partial charge in [-0.05, 0) is 24.1 Å². The van der Waals surface area contributed by atoms with Gasteiger partial charge < -0.3 is 4.74 Å². The fourth-order valence-electron chi connectivity index (χ4n) is 3.01. The highest BCUT2D eigenvalue weighted by molar-refractivity contribution is 6.04. The molecular formula is C15H14N2O2. The van der Waals surface area contributed by atoms with Gasteiger partial charge in [0.05, 0.1) is 12.2 Å². The number of aromatic nitrogens is 1. The van der Waals surface area contributed by atoms with E-state index < -0.39 is 11.0 Å². The van der Waals surface area contributed by atoms with E-state index in [4.69, 9.17) is 4.74 Å². The van der Waals surface area contributed by atoms with Gasteiger partial charge in [-0.25, -0.2) is 0 Å². The number of carbonyl (C=O) groups excluding carboxylic acids is 1. The topological polar surface area (TPSA) is 63.0 Å². The second kappa shape index (κ2) is 3.75. The van der Waals surface area contributed by atoms with Crippen LogP contribution in [0.5, 0.6) is 0 Å². The second-order valence-electron chi connectivity index (χ2n) is 5.77. The number of rotatable bonds is 0. The van der Waals surface area contributed by atoms with Gasteiger partial charge in [-0.15, -0.1) is 0 Å². The summed E-state index contributed by atoms with van der Waals surface area (Å²) >= 11 is 0. The lowest BCUT2D eigenvalue weighted by Gasteiger charge is -2.38. The van der Waals surface area contributed by atoms with Crippen LogP contribution in [0.4, 0.5) is 0 Å². The summed E-state index contributed by atoms with van der Waals surface area (Å²) in [6, 6.07) is 3.93. The average Bonchev–Trinajstić information content (AvgIpc) is 2.73. The van der Waals surface area contributed by atoms with Crippen molar-refractivity contribution in [2.24, 2.45) is 5.41 Å². The maximum Gasteiger partial charge on any atom is 0.178 e. The van der Waals surface area contributed by atoms with Gasteiger partial charge >= 0.3 is 0 Å². The fraction of sp³-hybridized carbons (Fsp3) is 0.400. The summed E-state index contributed by atoms with van der Waals surface area (Å²) in [5.74, 6) is -0.110. The molecule has 1 aliphatic heterocycles. The number of hydrogen-bond donors (Lipinski definition) is 0. The number of Topliss-reactive ketones (excluding diaryl/α,β-unsaturated/α-hetero) is 1. The quantitative estimate of drug-likeness (QED) is 0.712. The molecule has 1 atom stereocenters. The summed E-state index contributed by atoms with van der Waals surface area (Å²) in [4.78, 5) is 16.3. The summed E-state index contributed by atoms with van der Waals surface area (Å²) in [6.45, 7) is 4.22. The lowest BCUT2D eigenvalue weighted by molar-refractivity contribution is -0.129. The lowest BCUT2D eigenvalue weighted by Crippen LogP contribution is -2.40. The molecule has 2 heterocycles. The van der Waals surface area contributed by atoms with Crippen molar-refractivity contribution in [3.63, 3.8) is 0 Å². The highest BCUT2D eigenvalue weighted by Crippen LogP contribution is 2.49. The van der Waals surface area contributed by atoms with Crippen molar-refractivity contribution in [1.82, 2.24) is 4.98 Å². The zero-order valence-electron chi connectivity index (χ0n) is 10.9. The van der Waals surface area contributed by atoms with Crippen LogP contribution in [-0.2, 0) is 21.7 Å². The maximum atomic E-state index is 12.2. The molecule has 4 nitrogen and oxygen atoms in total. The SMILES string of the molecule is CC1(C)CC2(C=C(C#N)C1=O)OCc1ccncc12. The van der Waals surface area contributed by atoms with E-state index in [-0.39, 0.29) is 11.4 Å². The number of ketones is 1. The first-order valence-electron chi connectivity index (χ1n) is 6.24. The van der Waals surface area contributed by atoms with Crippen molar-refractivity contribution in [3.8, 4) is 6.07 Å². The molecule has 3 rings (SSSR count). The molecule has 1 aliphatic carbocycles. The third-order valence-electron chi connectivity index (χ3n) is 3.91. The number of nitriles is 1. The Bertz CT molecular complexity index is 640. The van der Waals surface area contributed by atoms with Crippen molar-refractivity contribution in [3.05, 3.63) is 41.2 Å². The first-order valence-corrected chi connectivity index (χ1v) is 6.24. The largest absolute Gasteiger partial charge is 0.361 e. The Labute approximate surface area is 111 Å². The number of ether oxygens (including phenoxy) is 1. The minimum atomic E-state index is -0.675. The predicted molar refractivity (Wildman–Crippen MR) is 67.8 cm³/mol. The van der Waals surface area contributed by atoms with Gasteiger partial charge in [-0.2, -0.15) is 5.26 Å². The first-order chi connectivity index (χ1) is 8.98. The van der Waals surface area contributed by atoms with Gasteiger partial charge in [0.25, 0.3) is 0 Å². The summed E-state index contributed by atoms with van der Waals surface area (Å²) in [5.41, 5.74) is 0.966. The van der Waals surface area contributed by atoms with E-state index in [9.17, 15) is 10.1 Å². The Balaban J connectivity index is 2.20. The molecule has 0 radical (unpaired) electrons. The van der Waals surface area contributed by atoms with E-state index >= 15 is 0 Å². The summed E-state index contributed by atoms with van der Waals surface area (Å²) in [7, 11) is 0. The molecule has 0 aromatic carbocycles. The molecule has 96 valence electrons. The Morgan fingerprint density at radius 3 is 3.00 bits per heavy atom. The standard InChI is InChI=1S/C15H14N2O2/c1-14(2)9-15(5-11(6-16)13(14)18)12-7-17-4-3-10(12)8-19-15/h3-5,7H,8-9H2,1-2H3. The minimum absolute atomic E-state index is 0.110. The normalized spacial score (nSPS) is 27.8. The second-order valence-corrected chi connectivity index (χ2v) is 5.77. The van der Waals surface area contributed by atoms with E-state index in [0.717, 1.165) is 11.1 Å². The van der Waals surface area contributed by atoms with Crippen LogP contribution in [-0.4, -0.2) is 10.8 Å². The molecule has 0 saturated heterocycles. The highest BCUT2D eigenvalue weighted by atomic mass is 16.5. The van der Waals surface area contributed by atoms with E-state index in [2.05, 4.69) is 4.98 Å². The summed E-state index contributed by atoms with van der Waals surface area (Å²) in [6.07, 6.45) is 5.73. The van der Waals surface area contributed by atoms with Crippen LogP contribution in [0.2, 0.25) is 0 Å². The monoisotopic (exact) mass is 254 g/mol. The average molecular weight is 254 g/mol. The first kappa shape index (κ1) is 12.1. The molecule has 0 N–H and O–H groups in total. The number of fused-ring (bicyclic) bond motifs is 2. The van der Waals surface area contributed by atoms with Gasteiger partial charge in [-0.3, -0.25) is 9.78 Å². The van der Waals surface area contributed by atoms with Gasteiger partial charge in [0, 0.05) is 23.4 Å². The maximum absolute atomic E-state index is 12.2. The third-order valence-corrected chi connectivity index (χ3v) is 3.91. The highest BCUT2D eigenvalue weighted by Gasteiger charge is 2.49. The molecule has 19 heavy (non-hydrogen) atoms. The predicted octanol–water partition coefficient (Wildman–Crippen LogP) is 2.26. The third kappa shape index (κ3) is 1.62. The van der Waals surface area contributed by atoms with Gasteiger partial charge in [-0.1, -0.05) is 13.8 Å². The molecule has 0 amide bonds. The van der Waals surface area contributed by atoms with Crippen LogP contribution in [0, 0.1) is 16.7 Å². The Morgan fingerprint density at radius 1 is 1.47 bits per heavy atom.